The monoisotopic (exact) mass is 356 g/mol. The molecule has 3 aliphatic rings. The molecule has 2 N–H and O–H groups in total. The molecule has 2 saturated heterocycles. The summed E-state index contributed by atoms with van der Waals surface area (Å²) in [5, 5.41) is 9.84. The Labute approximate surface area is 142 Å². The van der Waals surface area contributed by atoms with Gasteiger partial charge in [-0.15, -0.1) is 0 Å². The molecular formula is C16H21FN2O6. The Morgan fingerprint density at radius 3 is 2.68 bits per heavy atom. The Morgan fingerprint density at radius 1 is 1.36 bits per heavy atom. The number of rotatable bonds is 3. The van der Waals surface area contributed by atoms with Crippen molar-refractivity contribution in [2.45, 2.75) is 61.9 Å². The van der Waals surface area contributed by atoms with Crippen LogP contribution in [0.4, 0.5) is 4.39 Å². The maximum absolute atomic E-state index is 13.9. The molecule has 1 unspecified atom stereocenters. The van der Waals surface area contributed by atoms with Gasteiger partial charge in [0.05, 0.1) is 6.61 Å². The van der Waals surface area contributed by atoms with Gasteiger partial charge in [-0.2, -0.15) is 0 Å². The highest BCUT2D eigenvalue weighted by Crippen LogP contribution is 2.58. The lowest BCUT2D eigenvalue weighted by atomic mass is 9.88. The van der Waals surface area contributed by atoms with Crippen molar-refractivity contribution >= 4 is 0 Å². The first kappa shape index (κ1) is 16.9. The van der Waals surface area contributed by atoms with Crippen LogP contribution in [0.5, 0.6) is 0 Å². The van der Waals surface area contributed by atoms with Crippen LogP contribution in [0.25, 0.3) is 0 Å². The summed E-state index contributed by atoms with van der Waals surface area (Å²) < 4.78 is 33.2. The first-order valence-corrected chi connectivity index (χ1v) is 8.42. The lowest BCUT2D eigenvalue weighted by molar-refractivity contribution is -0.253. The van der Waals surface area contributed by atoms with Crippen molar-refractivity contribution < 1.29 is 23.7 Å². The second-order valence-electron chi connectivity index (χ2n) is 7.25. The molecule has 1 spiro atoms. The zero-order chi connectivity index (χ0) is 17.9. The quantitative estimate of drug-likeness (QED) is 0.803. The van der Waals surface area contributed by atoms with E-state index in [0.717, 1.165) is 17.4 Å². The van der Waals surface area contributed by atoms with Gasteiger partial charge in [0, 0.05) is 25.1 Å². The van der Waals surface area contributed by atoms with Crippen LogP contribution in [0.3, 0.4) is 0 Å². The van der Waals surface area contributed by atoms with Gasteiger partial charge < -0.3 is 19.3 Å². The molecule has 25 heavy (non-hydrogen) atoms. The summed E-state index contributed by atoms with van der Waals surface area (Å²) in [7, 11) is 0. The maximum Gasteiger partial charge on any atom is 0.330 e. The molecule has 9 heteroatoms. The molecule has 0 radical (unpaired) electrons. The first-order valence-electron chi connectivity index (χ1n) is 8.42. The third-order valence-electron chi connectivity index (χ3n) is 5.54. The van der Waals surface area contributed by atoms with Crippen molar-refractivity contribution in [2.24, 2.45) is 0 Å². The number of H-pyrrole nitrogens is 1. The highest BCUT2D eigenvalue weighted by atomic mass is 19.1. The van der Waals surface area contributed by atoms with E-state index in [9.17, 15) is 19.1 Å². The van der Waals surface area contributed by atoms with Crippen molar-refractivity contribution in [2.75, 3.05) is 13.3 Å². The molecule has 0 bridgehead atoms. The van der Waals surface area contributed by atoms with Crippen LogP contribution in [0, 0.1) is 0 Å². The van der Waals surface area contributed by atoms with Gasteiger partial charge in [-0.25, -0.2) is 9.18 Å². The molecule has 8 nitrogen and oxygen atoms in total. The molecule has 4 rings (SSSR count). The van der Waals surface area contributed by atoms with Crippen LogP contribution >= 0.6 is 0 Å². The van der Waals surface area contributed by atoms with Crippen molar-refractivity contribution in [1.29, 1.82) is 0 Å². The highest BCUT2D eigenvalue weighted by molar-refractivity contribution is 5.14. The van der Waals surface area contributed by atoms with Crippen molar-refractivity contribution in [3.8, 4) is 0 Å². The Hall–Kier alpha value is -1.55. The number of aromatic nitrogens is 2. The molecule has 1 aromatic rings. The molecule has 3 fully saturated rings. The summed E-state index contributed by atoms with van der Waals surface area (Å²) in [6.07, 6.45) is 2.55. The number of nitrogens with zero attached hydrogens (tertiary/aromatic N) is 1. The Morgan fingerprint density at radius 2 is 2.08 bits per heavy atom. The van der Waals surface area contributed by atoms with Crippen LogP contribution in [-0.2, 0) is 14.2 Å². The predicted octanol–water partition coefficient (Wildman–Crippen LogP) is 0.210. The zero-order valence-electron chi connectivity index (χ0n) is 13.9. The fourth-order valence-electron chi connectivity index (χ4n) is 4.36. The van der Waals surface area contributed by atoms with Crippen molar-refractivity contribution in [3.05, 3.63) is 33.1 Å². The van der Waals surface area contributed by atoms with E-state index in [1.807, 2.05) is 0 Å². The molecule has 1 aliphatic carbocycles. The van der Waals surface area contributed by atoms with Gasteiger partial charge in [0.25, 0.3) is 5.56 Å². The van der Waals surface area contributed by atoms with E-state index < -0.39 is 53.9 Å². The molecule has 138 valence electrons. The molecule has 1 saturated carbocycles. The summed E-state index contributed by atoms with van der Waals surface area (Å²) in [5.74, 6) is -0.844. The van der Waals surface area contributed by atoms with E-state index >= 15 is 0 Å². The van der Waals surface area contributed by atoms with Gasteiger partial charge in [0.15, 0.2) is 17.6 Å². The third kappa shape index (κ3) is 2.26. The summed E-state index contributed by atoms with van der Waals surface area (Å²) in [4.78, 5) is 25.7. The average Bonchev–Trinajstić information content (AvgIpc) is 3.21. The van der Waals surface area contributed by atoms with Gasteiger partial charge in [-0.05, 0) is 19.8 Å². The minimum Gasteiger partial charge on any atom is -0.393 e. The summed E-state index contributed by atoms with van der Waals surface area (Å²) in [6, 6.07) is 1.18. The zero-order valence-corrected chi connectivity index (χ0v) is 13.9. The third-order valence-corrected chi connectivity index (χ3v) is 5.54. The lowest BCUT2D eigenvalue weighted by Crippen LogP contribution is -2.51. The minimum atomic E-state index is -1.62. The fraction of sp³-hybridized carbons (Fsp3) is 0.750. The second kappa shape index (κ2) is 5.47. The first-order chi connectivity index (χ1) is 11.9. The number of fused-ring (bicyclic) bond motifs is 1. The van der Waals surface area contributed by atoms with Crippen LogP contribution in [0.15, 0.2) is 21.9 Å². The maximum atomic E-state index is 13.9. The molecule has 4 atom stereocenters. The van der Waals surface area contributed by atoms with E-state index in [-0.39, 0.29) is 0 Å². The number of hydrogen-bond donors (Lipinski definition) is 2. The Bertz CT molecular complexity index is 781. The standard InChI is InChI=1S/C16H21FN2O6/c1-14-11(23-16(25-14)5-2-3-6-16)15(8-17,9-20)24-12(14)19-7-4-10(21)18-13(19)22/h4,7,11-12,20H,2-3,5-6,8-9H2,1H3,(H,18,21,22)/t11?,12-,14-,15-/m1/s1. The number of halogens is 1. The van der Waals surface area contributed by atoms with Crippen molar-refractivity contribution in [1.82, 2.24) is 9.55 Å². The number of hydrogen-bond acceptors (Lipinski definition) is 6. The number of nitrogens with one attached hydrogen (secondary N) is 1. The lowest BCUT2D eigenvalue weighted by Gasteiger charge is -2.32. The van der Waals surface area contributed by atoms with E-state index in [0.29, 0.717) is 12.8 Å². The smallest absolute Gasteiger partial charge is 0.330 e. The molecule has 2 aliphatic heterocycles. The predicted molar refractivity (Wildman–Crippen MR) is 82.8 cm³/mol. The average molecular weight is 356 g/mol. The van der Waals surface area contributed by atoms with Gasteiger partial charge in [-0.3, -0.25) is 14.3 Å². The van der Waals surface area contributed by atoms with E-state index in [1.165, 1.54) is 12.3 Å². The second-order valence-corrected chi connectivity index (χ2v) is 7.25. The summed E-state index contributed by atoms with van der Waals surface area (Å²) >= 11 is 0. The minimum absolute atomic E-state index is 0.546. The van der Waals surface area contributed by atoms with Gasteiger partial charge >= 0.3 is 5.69 Å². The number of aliphatic hydroxyl groups excluding tert-OH is 1. The molecule has 1 aromatic heterocycles. The number of aliphatic hydroxyl groups is 1. The largest absolute Gasteiger partial charge is 0.393 e. The molecular weight excluding hydrogens is 335 g/mol. The van der Waals surface area contributed by atoms with Gasteiger partial charge in [0.2, 0.25) is 0 Å². The topological polar surface area (TPSA) is 103 Å². The van der Waals surface area contributed by atoms with Crippen LogP contribution < -0.4 is 11.2 Å². The van der Waals surface area contributed by atoms with E-state index in [1.54, 1.807) is 6.92 Å². The molecule has 0 aromatic carbocycles. The van der Waals surface area contributed by atoms with Gasteiger partial charge in [-0.1, -0.05) is 0 Å². The summed E-state index contributed by atoms with van der Waals surface area (Å²) in [6.45, 7) is 0.0929. The van der Waals surface area contributed by atoms with Crippen LogP contribution in [0.2, 0.25) is 0 Å². The number of ether oxygens (including phenoxy) is 3. The number of alkyl halides is 1. The van der Waals surface area contributed by atoms with Gasteiger partial charge in [0.1, 0.15) is 18.4 Å². The van der Waals surface area contributed by atoms with E-state index in [2.05, 4.69) is 4.98 Å². The van der Waals surface area contributed by atoms with Crippen molar-refractivity contribution in [3.63, 3.8) is 0 Å². The Balaban J connectivity index is 1.82. The Kier molecular flexibility index (Phi) is 3.70. The highest BCUT2D eigenvalue weighted by Gasteiger charge is 2.72. The SMILES string of the molecule is C[C@@]12OC3(CCCC3)OC1[C@](CO)(CF)O[C@H]2n1ccc(=O)[nH]c1=O. The van der Waals surface area contributed by atoms with E-state index in [4.69, 9.17) is 14.2 Å². The molecule has 3 heterocycles. The molecule has 0 amide bonds. The fourth-order valence-corrected chi connectivity index (χ4v) is 4.36. The van der Waals surface area contributed by atoms with Crippen LogP contribution in [0.1, 0.15) is 38.8 Å². The van der Waals surface area contributed by atoms with Crippen LogP contribution in [-0.4, -0.2) is 51.0 Å². The normalized spacial score (nSPS) is 39.2. The number of aromatic amines is 1. The summed E-state index contributed by atoms with van der Waals surface area (Å²) in [5.41, 5.74) is -4.04.